The lowest BCUT2D eigenvalue weighted by Crippen LogP contribution is -2.18. The molecular formula is C27H26O3. The molecule has 0 saturated carbocycles. The number of rotatable bonds is 2. The van der Waals surface area contributed by atoms with Crippen molar-refractivity contribution in [3.63, 3.8) is 0 Å². The predicted molar refractivity (Wildman–Crippen MR) is 122 cm³/mol. The van der Waals surface area contributed by atoms with Crippen molar-refractivity contribution in [2.75, 3.05) is 0 Å². The van der Waals surface area contributed by atoms with Gasteiger partial charge in [-0.2, -0.15) is 0 Å². The molecule has 1 aliphatic carbocycles. The van der Waals surface area contributed by atoms with E-state index in [0.29, 0.717) is 5.57 Å². The third-order valence-electron chi connectivity index (χ3n) is 5.50. The lowest BCUT2D eigenvalue weighted by Gasteiger charge is -2.18. The molecular weight excluding hydrogens is 372 g/mol. The van der Waals surface area contributed by atoms with Crippen LogP contribution in [0.2, 0.25) is 0 Å². The highest BCUT2D eigenvalue weighted by Gasteiger charge is 2.13. The van der Waals surface area contributed by atoms with Crippen molar-refractivity contribution < 1.29 is 14.3 Å². The Kier molecular flexibility index (Phi) is 5.99. The zero-order valence-corrected chi connectivity index (χ0v) is 17.3. The molecule has 3 heteroatoms. The van der Waals surface area contributed by atoms with Gasteiger partial charge in [-0.3, -0.25) is 0 Å². The first-order valence-corrected chi connectivity index (χ1v) is 10.4. The summed E-state index contributed by atoms with van der Waals surface area (Å²) in [5.74, 6) is -0.444. The summed E-state index contributed by atoms with van der Waals surface area (Å²) >= 11 is 0. The molecule has 1 unspecified atom stereocenters. The lowest BCUT2D eigenvalue weighted by molar-refractivity contribution is -0.156. The Balaban J connectivity index is 0.000000159. The highest BCUT2D eigenvalue weighted by molar-refractivity contribution is 6.08. The van der Waals surface area contributed by atoms with Crippen LogP contribution in [0.15, 0.2) is 85.2 Å². The second kappa shape index (κ2) is 9.00. The summed E-state index contributed by atoms with van der Waals surface area (Å²) in [6, 6.07) is 18.0. The van der Waals surface area contributed by atoms with Gasteiger partial charge >= 0.3 is 5.97 Å². The van der Waals surface area contributed by atoms with Crippen molar-refractivity contribution in [2.45, 2.75) is 38.9 Å². The summed E-state index contributed by atoms with van der Waals surface area (Å²) in [6.07, 6.45) is 11.2. The van der Waals surface area contributed by atoms with E-state index in [9.17, 15) is 4.79 Å². The van der Waals surface area contributed by atoms with Crippen LogP contribution in [0.3, 0.4) is 0 Å². The Morgan fingerprint density at radius 1 is 0.967 bits per heavy atom. The molecule has 3 aromatic rings. The van der Waals surface area contributed by atoms with Crippen LogP contribution in [0.5, 0.6) is 0 Å². The average molecular weight is 399 g/mol. The number of allylic oxidation sites excluding steroid dienone is 2. The van der Waals surface area contributed by atoms with Crippen LogP contribution in [0.4, 0.5) is 0 Å². The number of fused-ring (bicyclic) bond motifs is 5. The molecule has 0 bridgehead atoms. The number of hydrogen-bond acceptors (Lipinski definition) is 3. The topological polar surface area (TPSA) is 35.5 Å². The molecule has 3 aromatic carbocycles. The number of carbonyl (C=O) groups is 1. The molecule has 0 fully saturated rings. The predicted octanol–water partition coefficient (Wildman–Crippen LogP) is 6.40. The number of hydrogen-bond donors (Lipinski definition) is 0. The summed E-state index contributed by atoms with van der Waals surface area (Å²) < 4.78 is 9.80. The van der Waals surface area contributed by atoms with Gasteiger partial charge in [-0.15, -0.1) is 0 Å². The van der Waals surface area contributed by atoms with Crippen LogP contribution in [-0.4, -0.2) is 12.3 Å². The third-order valence-corrected chi connectivity index (χ3v) is 5.50. The second-order valence-electron chi connectivity index (χ2n) is 7.70. The van der Waals surface area contributed by atoms with Crippen LogP contribution in [0, 0.1) is 0 Å². The van der Waals surface area contributed by atoms with Gasteiger partial charge in [0.25, 0.3) is 6.29 Å². The number of aryl methyl sites for hydroxylation is 2. The van der Waals surface area contributed by atoms with E-state index in [-0.39, 0.29) is 0 Å². The molecule has 0 spiro atoms. The maximum Gasteiger partial charge on any atom is 0.336 e. The van der Waals surface area contributed by atoms with E-state index in [1.54, 1.807) is 36.3 Å². The maximum absolute atomic E-state index is 11.0. The summed E-state index contributed by atoms with van der Waals surface area (Å²) in [4.78, 5) is 11.0. The Hall–Kier alpha value is -3.33. The number of esters is 1. The minimum Gasteiger partial charge on any atom is -0.459 e. The Labute approximate surface area is 177 Å². The van der Waals surface area contributed by atoms with Gasteiger partial charge in [-0.05, 0) is 77.4 Å². The lowest BCUT2D eigenvalue weighted by atomic mass is 9.86. The minimum absolute atomic E-state index is 0.363. The van der Waals surface area contributed by atoms with E-state index in [1.165, 1.54) is 53.5 Å². The Morgan fingerprint density at radius 2 is 1.77 bits per heavy atom. The van der Waals surface area contributed by atoms with Crippen molar-refractivity contribution in [1.82, 2.24) is 0 Å². The smallest absolute Gasteiger partial charge is 0.336 e. The normalized spacial score (nSPS) is 16.9. The summed E-state index contributed by atoms with van der Waals surface area (Å²) in [5.41, 5.74) is 3.54. The fourth-order valence-corrected chi connectivity index (χ4v) is 3.98. The summed E-state index contributed by atoms with van der Waals surface area (Å²) in [7, 11) is 0. The largest absolute Gasteiger partial charge is 0.459 e. The van der Waals surface area contributed by atoms with Gasteiger partial charge in [0, 0.05) is 5.57 Å². The molecule has 0 aromatic heterocycles. The van der Waals surface area contributed by atoms with Crippen LogP contribution >= 0.6 is 0 Å². The quantitative estimate of drug-likeness (QED) is 0.284. The SMILES string of the molecule is C=C(C)C(=O)OC1C=CC=CO1.c1ccc2c(c1)ccc1c3c(ccc12)CCCC3. The third kappa shape index (κ3) is 4.30. The highest BCUT2D eigenvalue weighted by Crippen LogP contribution is 2.33. The second-order valence-corrected chi connectivity index (χ2v) is 7.70. The highest BCUT2D eigenvalue weighted by atomic mass is 16.7. The van der Waals surface area contributed by atoms with Crippen molar-refractivity contribution in [1.29, 1.82) is 0 Å². The van der Waals surface area contributed by atoms with Gasteiger partial charge in [-0.1, -0.05) is 61.2 Å². The van der Waals surface area contributed by atoms with E-state index >= 15 is 0 Å². The molecule has 0 N–H and O–H groups in total. The molecule has 0 radical (unpaired) electrons. The van der Waals surface area contributed by atoms with Gasteiger partial charge in [0.05, 0.1) is 6.26 Å². The fourth-order valence-electron chi connectivity index (χ4n) is 3.98. The van der Waals surface area contributed by atoms with Crippen molar-refractivity contribution >= 4 is 27.5 Å². The average Bonchev–Trinajstić information content (AvgIpc) is 2.79. The summed E-state index contributed by atoms with van der Waals surface area (Å²) in [6.45, 7) is 5.04. The number of carbonyl (C=O) groups excluding carboxylic acids is 1. The van der Waals surface area contributed by atoms with E-state index < -0.39 is 12.3 Å². The molecule has 152 valence electrons. The molecule has 1 atom stereocenters. The molecule has 0 amide bonds. The standard InChI is InChI=1S/C18H16.C9H10O3/c1-3-7-15-13(5-1)9-11-18-16-8-4-2-6-14(16)10-12-17(15)18;1-7(2)9(10)12-8-5-3-4-6-11-8/h1,3,5,7,9-12H,2,4,6,8H2;3-6,8H,1H2,2H3. The Morgan fingerprint density at radius 3 is 2.57 bits per heavy atom. The zero-order valence-electron chi connectivity index (χ0n) is 17.3. The molecule has 5 rings (SSSR count). The zero-order chi connectivity index (χ0) is 20.9. The van der Waals surface area contributed by atoms with Crippen molar-refractivity contribution in [3.05, 3.63) is 96.3 Å². The van der Waals surface area contributed by atoms with Crippen LogP contribution in [0.25, 0.3) is 21.5 Å². The van der Waals surface area contributed by atoms with Gasteiger partial charge in [-0.25, -0.2) is 4.79 Å². The number of benzene rings is 3. The van der Waals surface area contributed by atoms with E-state index in [1.807, 2.05) is 0 Å². The maximum atomic E-state index is 11.0. The van der Waals surface area contributed by atoms with Crippen LogP contribution < -0.4 is 0 Å². The first-order valence-electron chi connectivity index (χ1n) is 10.4. The van der Waals surface area contributed by atoms with E-state index in [2.05, 4.69) is 55.1 Å². The molecule has 1 aliphatic heterocycles. The van der Waals surface area contributed by atoms with Gasteiger partial charge < -0.3 is 9.47 Å². The molecule has 0 saturated heterocycles. The summed E-state index contributed by atoms with van der Waals surface area (Å²) in [5, 5.41) is 5.64. The Bertz CT molecular complexity index is 1150. The molecule has 1 heterocycles. The van der Waals surface area contributed by atoms with Gasteiger partial charge in [0.1, 0.15) is 0 Å². The minimum atomic E-state index is -0.612. The molecule has 30 heavy (non-hydrogen) atoms. The molecule has 3 nitrogen and oxygen atoms in total. The van der Waals surface area contributed by atoms with Crippen molar-refractivity contribution in [3.8, 4) is 0 Å². The first-order chi connectivity index (χ1) is 14.6. The van der Waals surface area contributed by atoms with Crippen LogP contribution in [0.1, 0.15) is 30.9 Å². The first kappa shape index (κ1) is 20.0. The number of ether oxygens (including phenoxy) is 2. The van der Waals surface area contributed by atoms with Crippen LogP contribution in [-0.2, 0) is 27.1 Å². The van der Waals surface area contributed by atoms with E-state index in [0.717, 1.165) is 0 Å². The van der Waals surface area contributed by atoms with Gasteiger partial charge in [0.2, 0.25) is 0 Å². The van der Waals surface area contributed by atoms with Gasteiger partial charge in [0.15, 0.2) is 0 Å². The molecule has 2 aliphatic rings. The fraction of sp³-hybridized carbons (Fsp3) is 0.222. The monoisotopic (exact) mass is 398 g/mol. The van der Waals surface area contributed by atoms with Crippen molar-refractivity contribution in [2.24, 2.45) is 0 Å². The van der Waals surface area contributed by atoms with E-state index in [4.69, 9.17) is 9.47 Å².